The molecule has 1 unspecified atom stereocenters. The zero-order chi connectivity index (χ0) is 14.5. The van der Waals surface area contributed by atoms with Crippen LogP contribution in [0.1, 0.15) is 17.2 Å². The maximum Gasteiger partial charge on any atom is 0.101 e. The van der Waals surface area contributed by atoms with Gasteiger partial charge in [0.1, 0.15) is 6.07 Å². The maximum absolute atomic E-state index is 10.1. The van der Waals surface area contributed by atoms with Gasteiger partial charge in [0, 0.05) is 22.2 Å². The van der Waals surface area contributed by atoms with Crippen LogP contribution in [0.3, 0.4) is 0 Å². The van der Waals surface area contributed by atoms with Crippen LogP contribution in [-0.2, 0) is 0 Å². The number of nitrogens with one attached hydrogen (secondary N) is 1. The summed E-state index contributed by atoms with van der Waals surface area (Å²) < 4.78 is 0. The molecule has 0 saturated heterocycles. The second kappa shape index (κ2) is 6.62. The molecule has 0 radical (unpaired) electrons. The molecule has 2 rings (SSSR count). The van der Waals surface area contributed by atoms with E-state index in [1.165, 1.54) is 0 Å². The molecule has 1 atom stereocenters. The summed E-state index contributed by atoms with van der Waals surface area (Å²) in [4.78, 5) is 0. The summed E-state index contributed by atoms with van der Waals surface area (Å²) in [6.45, 7) is 0.235. The van der Waals surface area contributed by atoms with Crippen LogP contribution in [0.15, 0.2) is 42.5 Å². The van der Waals surface area contributed by atoms with E-state index < -0.39 is 6.10 Å². The highest BCUT2D eigenvalue weighted by Gasteiger charge is 2.12. The van der Waals surface area contributed by atoms with E-state index in [-0.39, 0.29) is 6.54 Å². The molecule has 0 spiro atoms. The Kier molecular flexibility index (Phi) is 4.86. The standard InChI is InChI=1S/C15H12Cl2N2O/c16-11-6-5-10(8-18)14(7-11)19-9-15(20)12-3-1-2-4-13(12)17/h1-7,15,19-20H,9H2. The van der Waals surface area contributed by atoms with E-state index in [0.717, 1.165) is 0 Å². The Morgan fingerprint density at radius 3 is 2.65 bits per heavy atom. The van der Waals surface area contributed by atoms with Gasteiger partial charge in [-0.2, -0.15) is 5.26 Å². The Labute approximate surface area is 127 Å². The molecule has 102 valence electrons. The lowest BCUT2D eigenvalue weighted by Crippen LogP contribution is -2.13. The minimum atomic E-state index is -0.769. The van der Waals surface area contributed by atoms with Gasteiger partial charge in [0.15, 0.2) is 0 Å². The minimum absolute atomic E-state index is 0.235. The Morgan fingerprint density at radius 1 is 1.20 bits per heavy atom. The van der Waals surface area contributed by atoms with Gasteiger partial charge in [-0.05, 0) is 24.3 Å². The van der Waals surface area contributed by atoms with Crippen molar-refractivity contribution in [3.8, 4) is 6.07 Å². The second-order valence-electron chi connectivity index (χ2n) is 4.22. The van der Waals surface area contributed by atoms with Crippen LogP contribution in [0.25, 0.3) is 0 Å². The monoisotopic (exact) mass is 306 g/mol. The third-order valence-corrected chi connectivity index (χ3v) is 3.43. The minimum Gasteiger partial charge on any atom is -0.387 e. The molecule has 0 amide bonds. The molecule has 20 heavy (non-hydrogen) atoms. The van der Waals surface area contributed by atoms with E-state index in [2.05, 4.69) is 11.4 Å². The lowest BCUT2D eigenvalue weighted by Gasteiger charge is -2.15. The number of benzene rings is 2. The zero-order valence-electron chi connectivity index (χ0n) is 10.5. The highest BCUT2D eigenvalue weighted by molar-refractivity contribution is 6.31. The predicted molar refractivity (Wildman–Crippen MR) is 81.1 cm³/mol. The van der Waals surface area contributed by atoms with Crippen LogP contribution < -0.4 is 5.32 Å². The van der Waals surface area contributed by atoms with Crippen LogP contribution in [-0.4, -0.2) is 11.7 Å². The summed E-state index contributed by atoms with van der Waals surface area (Å²) in [5.41, 5.74) is 1.70. The summed E-state index contributed by atoms with van der Waals surface area (Å²) in [7, 11) is 0. The summed E-state index contributed by atoms with van der Waals surface area (Å²) >= 11 is 11.9. The maximum atomic E-state index is 10.1. The second-order valence-corrected chi connectivity index (χ2v) is 5.06. The van der Waals surface area contributed by atoms with E-state index in [0.29, 0.717) is 26.9 Å². The van der Waals surface area contributed by atoms with Crippen LogP contribution in [0.2, 0.25) is 10.0 Å². The number of aliphatic hydroxyl groups is 1. The molecular formula is C15H12Cl2N2O. The van der Waals surface area contributed by atoms with Gasteiger partial charge in [0.2, 0.25) is 0 Å². The molecule has 0 bridgehead atoms. The average Bonchev–Trinajstić information content (AvgIpc) is 2.45. The number of nitriles is 1. The van der Waals surface area contributed by atoms with Gasteiger partial charge >= 0.3 is 0 Å². The van der Waals surface area contributed by atoms with Crippen molar-refractivity contribution in [2.45, 2.75) is 6.10 Å². The Hall–Kier alpha value is -1.73. The topological polar surface area (TPSA) is 56.0 Å². The van der Waals surface area contributed by atoms with E-state index in [9.17, 15) is 5.11 Å². The molecule has 2 aromatic rings. The molecule has 0 aliphatic carbocycles. The molecule has 2 N–H and O–H groups in total. The highest BCUT2D eigenvalue weighted by atomic mass is 35.5. The Morgan fingerprint density at radius 2 is 1.95 bits per heavy atom. The molecule has 0 aliphatic heterocycles. The van der Waals surface area contributed by atoms with Crippen molar-refractivity contribution >= 4 is 28.9 Å². The number of halogens is 2. The van der Waals surface area contributed by atoms with Crippen molar-refractivity contribution < 1.29 is 5.11 Å². The number of rotatable bonds is 4. The lowest BCUT2D eigenvalue weighted by atomic mass is 10.1. The fourth-order valence-corrected chi connectivity index (χ4v) is 2.26. The smallest absolute Gasteiger partial charge is 0.101 e. The predicted octanol–water partition coefficient (Wildman–Crippen LogP) is 4.01. The van der Waals surface area contributed by atoms with E-state index in [1.807, 2.05) is 6.07 Å². The number of nitrogens with zero attached hydrogens (tertiary/aromatic N) is 1. The molecule has 0 fully saturated rings. The summed E-state index contributed by atoms with van der Waals surface area (Å²) in [5.74, 6) is 0. The number of anilines is 1. The van der Waals surface area contributed by atoms with Crippen molar-refractivity contribution in [2.24, 2.45) is 0 Å². The molecule has 5 heteroatoms. The highest BCUT2D eigenvalue weighted by Crippen LogP contribution is 2.25. The first kappa shape index (κ1) is 14.7. The van der Waals surface area contributed by atoms with Gasteiger partial charge in [-0.3, -0.25) is 0 Å². The molecule has 3 nitrogen and oxygen atoms in total. The zero-order valence-corrected chi connectivity index (χ0v) is 12.0. The van der Waals surface area contributed by atoms with Gasteiger partial charge in [0.25, 0.3) is 0 Å². The van der Waals surface area contributed by atoms with Crippen molar-refractivity contribution in [3.05, 3.63) is 63.6 Å². The van der Waals surface area contributed by atoms with Gasteiger partial charge in [-0.15, -0.1) is 0 Å². The number of hydrogen-bond donors (Lipinski definition) is 2. The van der Waals surface area contributed by atoms with E-state index in [1.54, 1.807) is 36.4 Å². The van der Waals surface area contributed by atoms with Crippen LogP contribution in [0.5, 0.6) is 0 Å². The molecule has 0 aromatic heterocycles. The Balaban J connectivity index is 2.11. The van der Waals surface area contributed by atoms with Crippen molar-refractivity contribution in [1.82, 2.24) is 0 Å². The number of aliphatic hydroxyl groups excluding tert-OH is 1. The Bertz CT molecular complexity index is 653. The van der Waals surface area contributed by atoms with Gasteiger partial charge in [-0.25, -0.2) is 0 Å². The van der Waals surface area contributed by atoms with E-state index >= 15 is 0 Å². The van der Waals surface area contributed by atoms with Gasteiger partial charge in [0.05, 0.1) is 17.4 Å². The third kappa shape index (κ3) is 3.43. The van der Waals surface area contributed by atoms with Gasteiger partial charge < -0.3 is 10.4 Å². The molecule has 0 heterocycles. The first-order valence-corrected chi connectivity index (χ1v) is 6.73. The quantitative estimate of drug-likeness (QED) is 0.897. The average molecular weight is 307 g/mol. The molecular weight excluding hydrogens is 295 g/mol. The largest absolute Gasteiger partial charge is 0.387 e. The summed E-state index contributed by atoms with van der Waals surface area (Å²) in [6, 6.07) is 14.1. The molecule has 2 aromatic carbocycles. The summed E-state index contributed by atoms with van der Waals surface area (Å²) in [6.07, 6.45) is -0.769. The first-order valence-electron chi connectivity index (χ1n) is 5.98. The molecule has 0 aliphatic rings. The first-order chi connectivity index (χ1) is 9.61. The number of hydrogen-bond acceptors (Lipinski definition) is 3. The van der Waals surface area contributed by atoms with Gasteiger partial charge in [-0.1, -0.05) is 41.4 Å². The van der Waals surface area contributed by atoms with Crippen molar-refractivity contribution in [2.75, 3.05) is 11.9 Å². The fourth-order valence-electron chi connectivity index (χ4n) is 1.82. The normalized spacial score (nSPS) is 11.7. The van der Waals surface area contributed by atoms with Crippen LogP contribution in [0.4, 0.5) is 5.69 Å². The SMILES string of the molecule is N#Cc1ccc(Cl)cc1NCC(O)c1ccccc1Cl. The fraction of sp³-hybridized carbons (Fsp3) is 0.133. The van der Waals surface area contributed by atoms with Crippen molar-refractivity contribution in [3.63, 3.8) is 0 Å². The molecule has 0 saturated carbocycles. The third-order valence-electron chi connectivity index (χ3n) is 2.85. The van der Waals surface area contributed by atoms with E-state index in [4.69, 9.17) is 28.5 Å². The van der Waals surface area contributed by atoms with Crippen molar-refractivity contribution in [1.29, 1.82) is 5.26 Å². The van der Waals surface area contributed by atoms with Crippen LogP contribution >= 0.6 is 23.2 Å². The lowest BCUT2D eigenvalue weighted by molar-refractivity contribution is 0.192. The summed E-state index contributed by atoms with van der Waals surface area (Å²) in [5, 5.41) is 23.2. The van der Waals surface area contributed by atoms with Crippen LogP contribution in [0, 0.1) is 11.3 Å².